The van der Waals surface area contributed by atoms with Crippen LogP contribution in [0, 0.1) is 11.7 Å². The van der Waals surface area contributed by atoms with Crippen molar-refractivity contribution in [3.8, 4) is 0 Å². The first-order chi connectivity index (χ1) is 8.24. The number of hydrogen-bond donors (Lipinski definition) is 2. The van der Waals surface area contributed by atoms with Gasteiger partial charge in [0.15, 0.2) is 0 Å². The number of aliphatic hydroxyl groups excluding tert-OH is 1. The van der Waals surface area contributed by atoms with E-state index in [-0.39, 0.29) is 22.4 Å². The predicted molar refractivity (Wildman–Crippen MR) is 67.4 cm³/mol. The molecule has 18 heavy (non-hydrogen) atoms. The predicted octanol–water partition coefficient (Wildman–Crippen LogP) is 1.77. The molecule has 1 rings (SSSR count). The number of nitrogens with one attached hydrogen (secondary N) is 1. The summed E-state index contributed by atoms with van der Waals surface area (Å²) < 4.78 is 38.8. The number of rotatable bonds is 5. The molecular formula is C11H15ClFNO3S. The summed E-state index contributed by atoms with van der Waals surface area (Å²) in [5.41, 5.74) is 0. The molecule has 0 bridgehead atoms. The summed E-state index contributed by atoms with van der Waals surface area (Å²) in [5, 5.41) is 9.26. The van der Waals surface area contributed by atoms with E-state index >= 15 is 0 Å². The maximum atomic E-state index is 12.9. The lowest BCUT2D eigenvalue weighted by Crippen LogP contribution is -2.34. The van der Waals surface area contributed by atoms with Crippen LogP contribution in [0.4, 0.5) is 4.39 Å². The van der Waals surface area contributed by atoms with Crippen LogP contribution < -0.4 is 4.72 Å². The molecule has 1 aromatic rings. The van der Waals surface area contributed by atoms with Crippen LogP contribution >= 0.6 is 11.6 Å². The van der Waals surface area contributed by atoms with Crippen molar-refractivity contribution in [1.82, 2.24) is 4.72 Å². The van der Waals surface area contributed by atoms with Gasteiger partial charge in [-0.05, 0) is 24.1 Å². The maximum absolute atomic E-state index is 12.9. The maximum Gasteiger partial charge on any atom is 0.240 e. The third-order valence-electron chi connectivity index (χ3n) is 2.45. The zero-order valence-electron chi connectivity index (χ0n) is 10.0. The Labute approximate surface area is 111 Å². The van der Waals surface area contributed by atoms with Crippen molar-refractivity contribution in [3.05, 3.63) is 29.0 Å². The van der Waals surface area contributed by atoms with Gasteiger partial charge in [-0.25, -0.2) is 17.5 Å². The standard InChI is InChI=1S/C11H15ClFNO3S/c1-7(2)11(15)6-14-18(16,17)8-3-4-10(13)9(12)5-8/h3-5,7,11,14-15H,6H2,1-2H3. The van der Waals surface area contributed by atoms with Crippen LogP contribution in [0.3, 0.4) is 0 Å². The molecule has 1 unspecified atom stereocenters. The molecule has 1 aromatic carbocycles. The minimum atomic E-state index is -3.79. The molecule has 1 atom stereocenters. The van der Waals surface area contributed by atoms with Crippen LogP contribution in [0.15, 0.2) is 23.1 Å². The average Bonchev–Trinajstić information content (AvgIpc) is 2.29. The minimum Gasteiger partial charge on any atom is -0.391 e. The average molecular weight is 296 g/mol. The van der Waals surface area contributed by atoms with E-state index in [2.05, 4.69) is 4.72 Å². The second-order valence-corrected chi connectivity index (χ2v) is 6.41. The zero-order chi connectivity index (χ0) is 13.9. The van der Waals surface area contributed by atoms with Crippen LogP contribution in [-0.4, -0.2) is 26.2 Å². The van der Waals surface area contributed by atoms with E-state index in [1.807, 2.05) is 0 Å². The highest BCUT2D eigenvalue weighted by Gasteiger charge is 2.18. The summed E-state index contributed by atoms with van der Waals surface area (Å²) >= 11 is 5.52. The molecule has 0 fully saturated rings. The first kappa shape index (κ1) is 15.4. The Morgan fingerprint density at radius 1 is 1.44 bits per heavy atom. The van der Waals surface area contributed by atoms with Crippen LogP contribution in [0.5, 0.6) is 0 Å². The van der Waals surface area contributed by atoms with Gasteiger partial charge in [-0.15, -0.1) is 0 Å². The molecule has 0 aromatic heterocycles. The largest absolute Gasteiger partial charge is 0.391 e. The van der Waals surface area contributed by atoms with E-state index in [1.165, 1.54) is 0 Å². The van der Waals surface area contributed by atoms with Crippen molar-refractivity contribution in [2.75, 3.05) is 6.54 Å². The van der Waals surface area contributed by atoms with E-state index in [0.29, 0.717) is 0 Å². The first-order valence-electron chi connectivity index (χ1n) is 5.37. The third kappa shape index (κ3) is 3.91. The highest BCUT2D eigenvalue weighted by Crippen LogP contribution is 2.19. The monoisotopic (exact) mass is 295 g/mol. The van der Waals surface area contributed by atoms with Gasteiger partial charge in [-0.1, -0.05) is 25.4 Å². The molecule has 0 aliphatic heterocycles. The highest BCUT2D eigenvalue weighted by molar-refractivity contribution is 7.89. The molecule has 7 heteroatoms. The van der Waals surface area contributed by atoms with Gasteiger partial charge in [-0.2, -0.15) is 0 Å². The van der Waals surface area contributed by atoms with Crippen molar-refractivity contribution in [3.63, 3.8) is 0 Å². The molecule has 0 aliphatic rings. The van der Waals surface area contributed by atoms with Crippen LogP contribution in [-0.2, 0) is 10.0 Å². The topological polar surface area (TPSA) is 66.4 Å². The van der Waals surface area contributed by atoms with Crippen LogP contribution in [0.25, 0.3) is 0 Å². The molecule has 0 radical (unpaired) electrons. The Kier molecular flexibility index (Phi) is 5.10. The molecular weight excluding hydrogens is 281 g/mol. The Bertz CT molecular complexity index is 519. The number of sulfonamides is 1. The second kappa shape index (κ2) is 5.97. The number of halogens is 2. The third-order valence-corrected chi connectivity index (χ3v) is 4.16. The zero-order valence-corrected chi connectivity index (χ0v) is 11.6. The van der Waals surface area contributed by atoms with E-state index in [0.717, 1.165) is 18.2 Å². The lowest BCUT2D eigenvalue weighted by atomic mass is 10.1. The lowest BCUT2D eigenvalue weighted by Gasteiger charge is -2.15. The first-order valence-corrected chi connectivity index (χ1v) is 7.23. The molecule has 0 aliphatic carbocycles. The molecule has 0 heterocycles. The van der Waals surface area contributed by atoms with Crippen molar-refractivity contribution in [2.45, 2.75) is 24.8 Å². The smallest absolute Gasteiger partial charge is 0.240 e. The molecule has 0 saturated carbocycles. The van der Waals surface area contributed by atoms with Gasteiger partial charge in [0.1, 0.15) is 5.82 Å². The number of aliphatic hydroxyl groups is 1. The van der Waals surface area contributed by atoms with Crippen molar-refractivity contribution < 1.29 is 17.9 Å². The summed E-state index contributed by atoms with van der Waals surface area (Å²) in [6.07, 6.45) is -0.782. The summed E-state index contributed by atoms with van der Waals surface area (Å²) in [6, 6.07) is 3.13. The molecule has 0 saturated heterocycles. The SMILES string of the molecule is CC(C)C(O)CNS(=O)(=O)c1ccc(F)c(Cl)c1. The fraction of sp³-hybridized carbons (Fsp3) is 0.455. The molecule has 102 valence electrons. The Hall–Kier alpha value is -0.690. The van der Waals surface area contributed by atoms with Gasteiger partial charge in [0, 0.05) is 6.54 Å². The fourth-order valence-corrected chi connectivity index (χ4v) is 2.48. The van der Waals surface area contributed by atoms with Gasteiger partial charge in [0.05, 0.1) is 16.0 Å². The van der Waals surface area contributed by atoms with Crippen molar-refractivity contribution in [1.29, 1.82) is 0 Å². The van der Waals surface area contributed by atoms with Gasteiger partial charge in [-0.3, -0.25) is 0 Å². The molecule has 0 amide bonds. The number of benzene rings is 1. The Morgan fingerprint density at radius 3 is 2.56 bits per heavy atom. The summed E-state index contributed by atoms with van der Waals surface area (Å²) in [5.74, 6) is -0.748. The van der Waals surface area contributed by atoms with Gasteiger partial charge in [0.2, 0.25) is 10.0 Å². The lowest BCUT2D eigenvalue weighted by molar-refractivity contribution is 0.129. The van der Waals surface area contributed by atoms with E-state index in [4.69, 9.17) is 11.6 Å². The summed E-state index contributed by atoms with van der Waals surface area (Å²) in [6.45, 7) is 3.44. The molecule has 4 nitrogen and oxygen atoms in total. The summed E-state index contributed by atoms with van der Waals surface area (Å²) in [4.78, 5) is -0.134. The van der Waals surface area contributed by atoms with Gasteiger partial charge in [0.25, 0.3) is 0 Å². The van der Waals surface area contributed by atoms with Crippen molar-refractivity contribution >= 4 is 21.6 Å². The summed E-state index contributed by atoms with van der Waals surface area (Å²) in [7, 11) is -3.79. The van der Waals surface area contributed by atoms with E-state index in [9.17, 15) is 17.9 Å². The quantitative estimate of drug-likeness (QED) is 0.870. The van der Waals surface area contributed by atoms with E-state index in [1.54, 1.807) is 13.8 Å². The normalized spacial score (nSPS) is 13.9. The van der Waals surface area contributed by atoms with Crippen LogP contribution in [0.2, 0.25) is 5.02 Å². The highest BCUT2D eigenvalue weighted by atomic mass is 35.5. The molecule has 0 spiro atoms. The van der Waals surface area contributed by atoms with Crippen molar-refractivity contribution in [2.24, 2.45) is 5.92 Å². The minimum absolute atomic E-state index is 0.0653. The van der Waals surface area contributed by atoms with Crippen LogP contribution in [0.1, 0.15) is 13.8 Å². The van der Waals surface area contributed by atoms with Gasteiger partial charge >= 0.3 is 0 Å². The number of hydrogen-bond acceptors (Lipinski definition) is 3. The second-order valence-electron chi connectivity index (χ2n) is 4.24. The fourth-order valence-electron chi connectivity index (χ4n) is 1.16. The Morgan fingerprint density at radius 2 is 2.06 bits per heavy atom. The Balaban J connectivity index is 2.83. The van der Waals surface area contributed by atoms with E-state index < -0.39 is 21.9 Å². The molecule has 2 N–H and O–H groups in total. The van der Waals surface area contributed by atoms with Gasteiger partial charge < -0.3 is 5.11 Å².